The van der Waals surface area contributed by atoms with Crippen LogP contribution in [0.1, 0.15) is 21.5 Å². The highest BCUT2D eigenvalue weighted by atomic mass is 19.4. The molecule has 4 nitrogen and oxygen atoms in total. The van der Waals surface area contributed by atoms with Crippen LogP contribution in [0.15, 0.2) is 49.1 Å². The number of nitrogens with zero attached hydrogens (tertiary/aromatic N) is 3. The molecule has 3 rings (SSSR count). The van der Waals surface area contributed by atoms with Gasteiger partial charge < -0.3 is 0 Å². The van der Waals surface area contributed by atoms with E-state index in [0.717, 1.165) is 18.5 Å². The number of aromatic nitrogens is 3. The number of carbonyl (C=O) groups excluding carboxylic acids is 1. The third kappa shape index (κ3) is 2.26. The van der Waals surface area contributed by atoms with Crippen LogP contribution in [0.2, 0.25) is 0 Å². The summed E-state index contributed by atoms with van der Waals surface area (Å²) in [6.45, 7) is 0. The molecule has 0 aliphatic carbocycles. The van der Waals surface area contributed by atoms with Gasteiger partial charge in [0.25, 0.3) is 0 Å². The van der Waals surface area contributed by atoms with Crippen molar-refractivity contribution in [2.45, 2.75) is 6.18 Å². The minimum Gasteiger partial charge on any atom is -0.288 e. The van der Waals surface area contributed by atoms with Crippen LogP contribution in [0, 0.1) is 0 Å². The Labute approximate surface area is 116 Å². The van der Waals surface area contributed by atoms with Crippen molar-refractivity contribution in [2.24, 2.45) is 0 Å². The fraction of sp³-hybridized carbons (Fsp3) is 0.0714. The summed E-state index contributed by atoms with van der Waals surface area (Å²) in [7, 11) is 0. The molecular weight excluding hydrogens is 283 g/mol. The standard InChI is InChI=1S/C14H8F3N3O/c15-14(16,17)11-4-5-18-7-9(11)13(21)10-8-19-20-6-2-1-3-12(10)20/h1-8H. The molecule has 0 N–H and O–H groups in total. The summed E-state index contributed by atoms with van der Waals surface area (Å²) in [5.41, 5.74) is -0.935. The van der Waals surface area contributed by atoms with Gasteiger partial charge in [-0.25, -0.2) is 4.52 Å². The predicted molar refractivity (Wildman–Crippen MR) is 67.9 cm³/mol. The van der Waals surface area contributed by atoms with Crippen LogP contribution >= 0.6 is 0 Å². The van der Waals surface area contributed by atoms with Crippen LogP contribution in [0.25, 0.3) is 5.52 Å². The molecule has 0 spiro atoms. The van der Waals surface area contributed by atoms with Gasteiger partial charge in [0.15, 0.2) is 5.78 Å². The van der Waals surface area contributed by atoms with Crippen molar-refractivity contribution in [1.29, 1.82) is 0 Å². The summed E-state index contributed by atoms with van der Waals surface area (Å²) in [6, 6.07) is 5.80. The van der Waals surface area contributed by atoms with E-state index in [2.05, 4.69) is 10.1 Å². The smallest absolute Gasteiger partial charge is 0.288 e. The third-order valence-electron chi connectivity index (χ3n) is 3.04. The molecule has 0 fully saturated rings. The fourth-order valence-corrected chi connectivity index (χ4v) is 2.08. The van der Waals surface area contributed by atoms with Gasteiger partial charge in [0.1, 0.15) is 0 Å². The van der Waals surface area contributed by atoms with Gasteiger partial charge >= 0.3 is 6.18 Å². The highest BCUT2D eigenvalue weighted by Gasteiger charge is 2.35. The summed E-state index contributed by atoms with van der Waals surface area (Å²) < 4.78 is 40.3. The van der Waals surface area contributed by atoms with Crippen molar-refractivity contribution in [3.63, 3.8) is 0 Å². The zero-order chi connectivity index (χ0) is 15.0. The van der Waals surface area contributed by atoms with Gasteiger partial charge in [0.2, 0.25) is 0 Å². The Balaban J connectivity index is 2.16. The van der Waals surface area contributed by atoms with Crippen molar-refractivity contribution >= 4 is 11.3 Å². The van der Waals surface area contributed by atoms with Crippen molar-refractivity contribution < 1.29 is 18.0 Å². The first kappa shape index (κ1) is 13.3. The zero-order valence-corrected chi connectivity index (χ0v) is 10.5. The number of halogens is 3. The summed E-state index contributed by atoms with van der Waals surface area (Å²) in [5.74, 6) is -0.753. The minimum absolute atomic E-state index is 0.106. The van der Waals surface area contributed by atoms with E-state index in [9.17, 15) is 18.0 Å². The van der Waals surface area contributed by atoms with Gasteiger partial charge in [-0.05, 0) is 18.2 Å². The van der Waals surface area contributed by atoms with Gasteiger partial charge in [-0.2, -0.15) is 18.3 Å². The molecule has 21 heavy (non-hydrogen) atoms. The van der Waals surface area contributed by atoms with E-state index in [4.69, 9.17) is 0 Å². The average molecular weight is 291 g/mol. The molecule has 3 aromatic heterocycles. The van der Waals surface area contributed by atoms with E-state index >= 15 is 0 Å². The Hall–Kier alpha value is -2.70. The number of carbonyl (C=O) groups is 1. The van der Waals surface area contributed by atoms with Gasteiger partial charge in [-0.3, -0.25) is 9.78 Å². The SMILES string of the molecule is O=C(c1cnccc1C(F)(F)F)c1cnn2ccccc12. The first-order chi connectivity index (χ1) is 9.98. The Morgan fingerprint density at radius 2 is 1.90 bits per heavy atom. The lowest BCUT2D eigenvalue weighted by molar-refractivity contribution is -0.137. The van der Waals surface area contributed by atoms with Gasteiger partial charge in [-0.15, -0.1) is 0 Å². The summed E-state index contributed by atoms with van der Waals surface area (Å²) in [5, 5.41) is 3.95. The lowest BCUT2D eigenvalue weighted by atomic mass is 10.0. The van der Waals surface area contributed by atoms with E-state index in [1.807, 2.05) is 0 Å². The normalized spacial score (nSPS) is 11.8. The number of fused-ring (bicyclic) bond motifs is 1. The van der Waals surface area contributed by atoms with E-state index in [-0.39, 0.29) is 5.56 Å². The number of alkyl halides is 3. The van der Waals surface area contributed by atoms with E-state index in [1.165, 1.54) is 10.7 Å². The molecule has 0 atom stereocenters. The maximum atomic E-state index is 13.0. The molecule has 0 unspecified atom stereocenters. The number of pyridine rings is 2. The second-order valence-corrected chi connectivity index (χ2v) is 4.34. The van der Waals surface area contributed by atoms with Crippen molar-refractivity contribution in [2.75, 3.05) is 0 Å². The van der Waals surface area contributed by atoms with Crippen molar-refractivity contribution in [3.05, 3.63) is 65.7 Å². The minimum atomic E-state index is -4.61. The molecule has 0 aliphatic rings. The number of hydrogen-bond acceptors (Lipinski definition) is 3. The zero-order valence-electron chi connectivity index (χ0n) is 10.5. The molecular formula is C14H8F3N3O. The van der Waals surface area contributed by atoms with E-state index in [0.29, 0.717) is 5.52 Å². The second-order valence-electron chi connectivity index (χ2n) is 4.34. The van der Waals surface area contributed by atoms with Crippen LogP contribution in [0.4, 0.5) is 13.2 Å². The number of ketones is 1. The Bertz CT molecular complexity index is 823. The Morgan fingerprint density at radius 1 is 1.10 bits per heavy atom. The third-order valence-corrected chi connectivity index (χ3v) is 3.04. The molecule has 0 bridgehead atoms. The molecule has 7 heteroatoms. The molecule has 0 saturated carbocycles. The highest BCUT2D eigenvalue weighted by molar-refractivity contribution is 6.13. The lowest BCUT2D eigenvalue weighted by Gasteiger charge is -2.10. The van der Waals surface area contributed by atoms with Crippen LogP contribution in [-0.4, -0.2) is 20.4 Å². The summed E-state index contributed by atoms with van der Waals surface area (Å²) in [4.78, 5) is 16.0. The van der Waals surface area contributed by atoms with Crippen molar-refractivity contribution in [3.8, 4) is 0 Å². The predicted octanol–water partition coefficient (Wildman–Crippen LogP) is 2.98. The summed E-state index contributed by atoms with van der Waals surface area (Å²) in [6.07, 6.45) is 0.190. The quantitative estimate of drug-likeness (QED) is 0.682. The first-order valence-corrected chi connectivity index (χ1v) is 5.97. The molecule has 106 valence electrons. The number of rotatable bonds is 2. The Kier molecular flexibility index (Phi) is 2.97. The lowest BCUT2D eigenvalue weighted by Crippen LogP contribution is -2.14. The molecule has 3 aromatic rings. The maximum absolute atomic E-state index is 13.0. The molecule has 0 saturated heterocycles. The summed E-state index contributed by atoms with van der Waals surface area (Å²) >= 11 is 0. The Morgan fingerprint density at radius 3 is 2.67 bits per heavy atom. The average Bonchev–Trinajstić information content (AvgIpc) is 2.89. The van der Waals surface area contributed by atoms with Gasteiger partial charge in [-0.1, -0.05) is 6.07 Å². The second kappa shape index (κ2) is 4.69. The van der Waals surface area contributed by atoms with Gasteiger partial charge in [0.05, 0.1) is 28.4 Å². The van der Waals surface area contributed by atoms with Crippen molar-refractivity contribution in [1.82, 2.24) is 14.6 Å². The van der Waals surface area contributed by atoms with E-state index in [1.54, 1.807) is 24.4 Å². The molecule has 0 radical (unpaired) electrons. The van der Waals surface area contributed by atoms with Crippen LogP contribution in [0.3, 0.4) is 0 Å². The van der Waals surface area contributed by atoms with Crippen LogP contribution in [0.5, 0.6) is 0 Å². The molecule has 0 aromatic carbocycles. The molecule has 3 heterocycles. The van der Waals surface area contributed by atoms with Crippen LogP contribution < -0.4 is 0 Å². The fourth-order valence-electron chi connectivity index (χ4n) is 2.08. The number of hydrogen-bond donors (Lipinski definition) is 0. The largest absolute Gasteiger partial charge is 0.417 e. The molecule has 0 aliphatic heterocycles. The van der Waals surface area contributed by atoms with Gasteiger partial charge in [0, 0.05) is 18.6 Å². The maximum Gasteiger partial charge on any atom is 0.417 e. The topological polar surface area (TPSA) is 47.3 Å². The van der Waals surface area contributed by atoms with Crippen LogP contribution in [-0.2, 0) is 6.18 Å². The highest BCUT2D eigenvalue weighted by Crippen LogP contribution is 2.32. The molecule has 0 amide bonds. The van der Waals surface area contributed by atoms with E-state index < -0.39 is 23.1 Å². The first-order valence-electron chi connectivity index (χ1n) is 5.97. The monoisotopic (exact) mass is 291 g/mol.